The number of nitrogens with zero attached hydrogens (tertiary/aromatic N) is 1. The molecule has 1 aliphatic rings. The molecule has 160 valence electrons. The van der Waals surface area contributed by atoms with E-state index in [4.69, 9.17) is 4.98 Å². The molecule has 0 saturated heterocycles. The van der Waals surface area contributed by atoms with Crippen LogP contribution in [-0.4, -0.2) is 22.6 Å². The Balaban J connectivity index is 1.41. The molecule has 0 spiro atoms. The van der Waals surface area contributed by atoms with Crippen molar-refractivity contribution in [2.24, 2.45) is 5.92 Å². The van der Waals surface area contributed by atoms with Crippen LogP contribution in [-0.2, 0) is 16.0 Å². The van der Waals surface area contributed by atoms with Gasteiger partial charge in [-0.15, -0.1) is 0 Å². The molecular weight excluding hydrogens is 406 g/mol. The number of amides is 2. The Morgan fingerprint density at radius 1 is 0.935 bits per heavy atom. The molecule has 6 heteroatoms. The SMILES string of the molecule is O=C(CSc1nc2ccccc2cc1Cc1ccccc1)NNC(=O)C1CCCCC1. The predicted octanol–water partition coefficient (Wildman–Crippen LogP) is 4.65. The van der Waals surface area contributed by atoms with Gasteiger partial charge in [-0.05, 0) is 36.1 Å². The van der Waals surface area contributed by atoms with Gasteiger partial charge in [0.05, 0.1) is 11.3 Å². The molecule has 1 aliphatic carbocycles. The molecule has 5 nitrogen and oxygen atoms in total. The molecule has 0 bridgehead atoms. The fourth-order valence-corrected chi connectivity index (χ4v) is 4.80. The number of pyridine rings is 1. The standard InChI is InChI=1S/C25H27N3O2S/c29-23(27-28-24(30)19-11-5-2-6-12-19)17-31-25-21(15-18-9-3-1-4-10-18)16-20-13-7-8-14-22(20)26-25/h1,3-4,7-10,13-14,16,19H,2,5-6,11-12,15,17H2,(H,27,29)(H,28,30). The summed E-state index contributed by atoms with van der Waals surface area (Å²) >= 11 is 1.40. The zero-order chi connectivity index (χ0) is 21.5. The Kier molecular flexibility index (Phi) is 7.20. The van der Waals surface area contributed by atoms with Crippen molar-refractivity contribution in [1.29, 1.82) is 0 Å². The highest BCUT2D eigenvalue weighted by Crippen LogP contribution is 2.27. The van der Waals surface area contributed by atoms with E-state index in [2.05, 4.69) is 35.1 Å². The molecule has 2 amide bonds. The van der Waals surface area contributed by atoms with Gasteiger partial charge < -0.3 is 0 Å². The number of aromatic nitrogens is 1. The van der Waals surface area contributed by atoms with Crippen molar-refractivity contribution >= 4 is 34.5 Å². The van der Waals surface area contributed by atoms with E-state index >= 15 is 0 Å². The number of carbonyl (C=O) groups is 2. The number of hydrogen-bond donors (Lipinski definition) is 2. The van der Waals surface area contributed by atoms with E-state index < -0.39 is 0 Å². The van der Waals surface area contributed by atoms with Crippen LogP contribution in [0.5, 0.6) is 0 Å². The molecule has 3 aromatic rings. The lowest BCUT2D eigenvalue weighted by Gasteiger charge is -2.20. The zero-order valence-electron chi connectivity index (χ0n) is 17.5. The number of benzene rings is 2. The number of fused-ring (bicyclic) bond motifs is 1. The summed E-state index contributed by atoms with van der Waals surface area (Å²) in [5, 5.41) is 1.93. The lowest BCUT2D eigenvalue weighted by molar-refractivity contribution is -0.131. The summed E-state index contributed by atoms with van der Waals surface area (Å²) in [6, 6.07) is 20.4. The third kappa shape index (κ3) is 5.85. The number of nitrogens with one attached hydrogen (secondary N) is 2. The first kappa shape index (κ1) is 21.4. The van der Waals surface area contributed by atoms with Crippen molar-refractivity contribution < 1.29 is 9.59 Å². The second kappa shape index (κ2) is 10.4. The highest BCUT2D eigenvalue weighted by molar-refractivity contribution is 7.99. The van der Waals surface area contributed by atoms with Gasteiger partial charge in [-0.2, -0.15) is 0 Å². The lowest BCUT2D eigenvalue weighted by Crippen LogP contribution is -2.45. The van der Waals surface area contributed by atoms with E-state index in [-0.39, 0.29) is 23.5 Å². The van der Waals surface area contributed by atoms with Crippen molar-refractivity contribution in [2.45, 2.75) is 43.6 Å². The van der Waals surface area contributed by atoms with Crippen LogP contribution in [0.2, 0.25) is 0 Å². The van der Waals surface area contributed by atoms with E-state index in [9.17, 15) is 9.59 Å². The minimum atomic E-state index is -0.227. The van der Waals surface area contributed by atoms with Gasteiger partial charge in [0.2, 0.25) is 11.8 Å². The maximum absolute atomic E-state index is 12.4. The van der Waals surface area contributed by atoms with Crippen molar-refractivity contribution in [3.05, 3.63) is 71.8 Å². The van der Waals surface area contributed by atoms with E-state index in [0.29, 0.717) is 0 Å². The summed E-state index contributed by atoms with van der Waals surface area (Å²) < 4.78 is 0. The van der Waals surface area contributed by atoms with Crippen LogP contribution in [0.4, 0.5) is 0 Å². The van der Waals surface area contributed by atoms with E-state index in [1.54, 1.807) is 0 Å². The van der Waals surface area contributed by atoms with Gasteiger partial charge in [-0.3, -0.25) is 20.4 Å². The van der Waals surface area contributed by atoms with Crippen LogP contribution < -0.4 is 10.9 Å². The number of hydrazine groups is 1. The van der Waals surface area contributed by atoms with E-state index in [1.807, 2.05) is 36.4 Å². The van der Waals surface area contributed by atoms with Gasteiger partial charge in [0, 0.05) is 17.7 Å². The van der Waals surface area contributed by atoms with Crippen LogP contribution in [0.1, 0.15) is 43.2 Å². The molecule has 0 atom stereocenters. The average Bonchev–Trinajstić information content (AvgIpc) is 2.82. The number of hydrogen-bond acceptors (Lipinski definition) is 4. The van der Waals surface area contributed by atoms with Crippen LogP contribution in [0, 0.1) is 5.92 Å². The fourth-order valence-electron chi connectivity index (χ4n) is 3.98. The third-order valence-electron chi connectivity index (χ3n) is 5.64. The fraction of sp³-hybridized carbons (Fsp3) is 0.320. The monoisotopic (exact) mass is 433 g/mol. The quantitative estimate of drug-likeness (QED) is 0.439. The second-order valence-electron chi connectivity index (χ2n) is 7.97. The van der Waals surface area contributed by atoms with Gasteiger partial charge in [-0.1, -0.05) is 79.6 Å². The molecule has 1 fully saturated rings. The van der Waals surface area contributed by atoms with E-state index in [1.165, 1.54) is 23.7 Å². The highest BCUT2D eigenvalue weighted by Gasteiger charge is 2.21. The second-order valence-corrected chi connectivity index (χ2v) is 8.93. The highest BCUT2D eigenvalue weighted by atomic mass is 32.2. The van der Waals surface area contributed by atoms with Crippen molar-refractivity contribution in [3.63, 3.8) is 0 Å². The Morgan fingerprint density at radius 3 is 2.48 bits per heavy atom. The molecule has 0 unspecified atom stereocenters. The van der Waals surface area contributed by atoms with Gasteiger partial charge in [-0.25, -0.2) is 4.98 Å². The predicted molar refractivity (Wildman–Crippen MR) is 125 cm³/mol. The first-order valence-electron chi connectivity index (χ1n) is 10.8. The smallest absolute Gasteiger partial charge is 0.248 e. The molecule has 2 N–H and O–H groups in total. The summed E-state index contributed by atoms with van der Waals surface area (Å²) in [6.07, 6.45) is 5.91. The number of para-hydroxylation sites is 1. The molecule has 1 saturated carbocycles. The largest absolute Gasteiger partial charge is 0.273 e. The van der Waals surface area contributed by atoms with Crippen molar-refractivity contribution in [1.82, 2.24) is 15.8 Å². The van der Waals surface area contributed by atoms with Gasteiger partial charge >= 0.3 is 0 Å². The first-order chi connectivity index (χ1) is 15.2. The molecule has 31 heavy (non-hydrogen) atoms. The third-order valence-corrected chi connectivity index (χ3v) is 6.68. The van der Waals surface area contributed by atoms with Crippen molar-refractivity contribution in [2.75, 3.05) is 5.75 Å². The maximum atomic E-state index is 12.4. The number of thioether (sulfide) groups is 1. The molecule has 2 aromatic carbocycles. The minimum Gasteiger partial charge on any atom is -0.273 e. The van der Waals surface area contributed by atoms with Crippen LogP contribution >= 0.6 is 11.8 Å². The minimum absolute atomic E-state index is 0.0151. The number of carbonyl (C=O) groups excluding carboxylic acids is 2. The maximum Gasteiger partial charge on any atom is 0.248 e. The van der Waals surface area contributed by atoms with Crippen LogP contribution in [0.3, 0.4) is 0 Å². The molecule has 1 heterocycles. The Morgan fingerprint density at radius 2 is 1.68 bits per heavy atom. The average molecular weight is 434 g/mol. The Hall–Kier alpha value is -2.86. The zero-order valence-corrected chi connectivity index (χ0v) is 18.3. The van der Waals surface area contributed by atoms with Gasteiger partial charge in [0.1, 0.15) is 5.03 Å². The Bertz CT molecular complexity index is 1050. The summed E-state index contributed by atoms with van der Waals surface area (Å²) in [5.41, 5.74) is 8.37. The summed E-state index contributed by atoms with van der Waals surface area (Å²) in [4.78, 5) is 29.4. The van der Waals surface area contributed by atoms with Gasteiger partial charge in [0.25, 0.3) is 0 Å². The topological polar surface area (TPSA) is 71.1 Å². The molecule has 0 radical (unpaired) electrons. The normalized spacial score (nSPS) is 14.3. The van der Waals surface area contributed by atoms with Crippen LogP contribution in [0.25, 0.3) is 10.9 Å². The van der Waals surface area contributed by atoms with E-state index in [0.717, 1.165) is 53.6 Å². The number of rotatable bonds is 6. The molecule has 4 rings (SSSR count). The van der Waals surface area contributed by atoms with Crippen molar-refractivity contribution in [3.8, 4) is 0 Å². The molecule has 1 aromatic heterocycles. The van der Waals surface area contributed by atoms with Crippen LogP contribution in [0.15, 0.2) is 65.7 Å². The lowest BCUT2D eigenvalue weighted by atomic mass is 9.89. The summed E-state index contributed by atoms with van der Waals surface area (Å²) in [7, 11) is 0. The van der Waals surface area contributed by atoms with Gasteiger partial charge in [0.15, 0.2) is 0 Å². The molecular formula is C25H27N3O2S. The summed E-state index contributed by atoms with van der Waals surface area (Å²) in [5.74, 6) is -0.0966. The molecule has 0 aliphatic heterocycles. The first-order valence-corrected chi connectivity index (χ1v) is 11.8. The summed E-state index contributed by atoms with van der Waals surface area (Å²) in [6.45, 7) is 0. The Labute approximate surface area is 187 Å².